The minimum Gasteiger partial charge on any atom is -0.419 e. The first-order chi connectivity index (χ1) is 16.9. The van der Waals surface area contributed by atoms with E-state index in [4.69, 9.17) is 39.2 Å². The molecule has 0 radical (unpaired) electrons. The lowest BCUT2D eigenvalue weighted by molar-refractivity contribution is 0.501. The van der Waals surface area contributed by atoms with Crippen molar-refractivity contribution in [2.45, 2.75) is 6.54 Å². The first kappa shape index (κ1) is 23.1. The Labute approximate surface area is 213 Å². The second-order valence-corrected chi connectivity index (χ2v) is 8.78. The molecule has 0 saturated carbocycles. The first-order valence-electron chi connectivity index (χ1n) is 10.3. The molecular weight excluding hydrogens is 513 g/mol. The molecule has 9 nitrogen and oxygen atoms in total. The van der Waals surface area contributed by atoms with Crippen molar-refractivity contribution in [1.29, 1.82) is 0 Å². The van der Waals surface area contributed by atoms with E-state index in [1.165, 1.54) is 12.3 Å². The molecule has 1 N–H and O–H groups in total. The average molecular weight is 529 g/mol. The van der Waals surface area contributed by atoms with Crippen LogP contribution in [0, 0.1) is 0 Å². The highest BCUT2D eigenvalue weighted by atomic mass is 35.5. The van der Waals surface area contributed by atoms with Crippen LogP contribution in [0.25, 0.3) is 28.5 Å². The van der Waals surface area contributed by atoms with E-state index in [0.29, 0.717) is 49.5 Å². The van der Waals surface area contributed by atoms with E-state index < -0.39 is 0 Å². The quantitative estimate of drug-likeness (QED) is 0.320. The number of hydrogen-bond donors (Lipinski definition) is 1. The summed E-state index contributed by atoms with van der Waals surface area (Å²) < 4.78 is 7.57. The van der Waals surface area contributed by atoms with Gasteiger partial charge in [-0.25, -0.2) is 0 Å². The molecule has 5 aromatic rings. The molecular formula is C23H16Cl3N7O2. The van der Waals surface area contributed by atoms with Gasteiger partial charge in [0.05, 0.1) is 22.3 Å². The van der Waals surface area contributed by atoms with Crippen LogP contribution >= 0.6 is 34.8 Å². The lowest BCUT2D eigenvalue weighted by atomic mass is 10.2. The van der Waals surface area contributed by atoms with E-state index in [-0.39, 0.29) is 18.0 Å². The van der Waals surface area contributed by atoms with Crippen LogP contribution in [0.4, 0.5) is 5.95 Å². The SMILES string of the molecule is CN(Cc1nnc(-c2cc[nH]c(=O)c2)o1)c1nnc(-c2ccc(Cl)cc2Cl)n1-c1ccccc1Cl. The third-order valence-electron chi connectivity index (χ3n) is 5.11. The third kappa shape index (κ3) is 4.66. The molecule has 0 amide bonds. The van der Waals surface area contributed by atoms with E-state index in [2.05, 4.69) is 25.4 Å². The Morgan fingerprint density at radius 1 is 0.971 bits per heavy atom. The minimum absolute atomic E-state index is 0.215. The van der Waals surface area contributed by atoms with Crippen molar-refractivity contribution in [1.82, 2.24) is 29.9 Å². The lowest BCUT2D eigenvalue weighted by Gasteiger charge is -2.19. The summed E-state index contributed by atoms with van der Waals surface area (Å²) >= 11 is 19.1. The van der Waals surface area contributed by atoms with Gasteiger partial charge in [-0.3, -0.25) is 9.36 Å². The zero-order chi connectivity index (χ0) is 24.5. The molecule has 0 unspecified atom stereocenters. The van der Waals surface area contributed by atoms with Gasteiger partial charge in [0, 0.05) is 35.5 Å². The van der Waals surface area contributed by atoms with Gasteiger partial charge in [-0.1, -0.05) is 46.9 Å². The van der Waals surface area contributed by atoms with Crippen LogP contribution in [0.15, 0.2) is 70.0 Å². The Morgan fingerprint density at radius 2 is 1.80 bits per heavy atom. The predicted octanol–water partition coefficient (Wildman–Crippen LogP) is 5.27. The number of H-pyrrole nitrogens is 1. The van der Waals surface area contributed by atoms with E-state index >= 15 is 0 Å². The summed E-state index contributed by atoms with van der Waals surface area (Å²) in [6, 6.07) is 15.5. The highest BCUT2D eigenvalue weighted by Gasteiger charge is 2.23. The molecule has 0 aliphatic heterocycles. The molecule has 0 aliphatic carbocycles. The summed E-state index contributed by atoms with van der Waals surface area (Å²) in [6.07, 6.45) is 1.52. The van der Waals surface area contributed by atoms with Crippen LogP contribution in [0.5, 0.6) is 0 Å². The van der Waals surface area contributed by atoms with Crippen molar-refractivity contribution in [2.24, 2.45) is 0 Å². The van der Waals surface area contributed by atoms with E-state index in [1.807, 2.05) is 25.2 Å². The van der Waals surface area contributed by atoms with E-state index in [0.717, 1.165) is 0 Å². The van der Waals surface area contributed by atoms with E-state index in [1.54, 1.807) is 39.8 Å². The lowest BCUT2D eigenvalue weighted by Crippen LogP contribution is -2.21. The van der Waals surface area contributed by atoms with Gasteiger partial charge in [-0.2, -0.15) is 0 Å². The maximum absolute atomic E-state index is 11.6. The Bertz CT molecular complexity index is 1580. The fourth-order valence-corrected chi connectivity index (χ4v) is 4.22. The number of nitrogens with zero attached hydrogens (tertiary/aromatic N) is 6. The molecule has 0 bridgehead atoms. The summed E-state index contributed by atoms with van der Waals surface area (Å²) in [5, 5.41) is 18.4. The Hall–Kier alpha value is -3.66. The Balaban J connectivity index is 1.54. The van der Waals surface area contributed by atoms with Gasteiger partial charge in [0.1, 0.15) is 0 Å². The van der Waals surface area contributed by atoms with E-state index in [9.17, 15) is 4.79 Å². The van der Waals surface area contributed by atoms with Crippen LogP contribution in [0.1, 0.15) is 5.89 Å². The number of hydrogen-bond acceptors (Lipinski definition) is 7. The minimum atomic E-state index is -0.263. The summed E-state index contributed by atoms with van der Waals surface area (Å²) in [7, 11) is 1.81. The highest BCUT2D eigenvalue weighted by Crippen LogP contribution is 2.35. The maximum Gasteiger partial charge on any atom is 0.248 e. The molecule has 176 valence electrons. The second kappa shape index (κ2) is 9.53. The van der Waals surface area contributed by atoms with Crippen LogP contribution in [0.2, 0.25) is 15.1 Å². The fraction of sp³-hybridized carbons (Fsp3) is 0.0870. The normalized spacial score (nSPS) is 11.1. The molecule has 0 fully saturated rings. The number of para-hydroxylation sites is 1. The fourth-order valence-electron chi connectivity index (χ4n) is 3.51. The van der Waals surface area contributed by atoms with Gasteiger partial charge in [0.25, 0.3) is 0 Å². The van der Waals surface area contributed by atoms with Crippen molar-refractivity contribution >= 4 is 40.8 Å². The van der Waals surface area contributed by atoms with Crippen molar-refractivity contribution in [3.63, 3.8) is 0 Å². The highest BCUT2D eigenvalue weighted by molar-refractivity contribution is 6.36. The number of aromatic amines is 1. The van der Waals surface area contributed by atoms with Crippen LogP contribution in [0.3, 0.4) is 0 Å². The maximum atomic E-state index is 11.6. The summed E-state index contributed by atoms with van der Waals surface area (Å²) in [6.45, 7) is 0.215. The topological polar surface area (TPSA) is 106 Å². The molecule has 3 aromatic heterocycles. The zero-order valence-corrected chi connectivity index (χ0v) is 20.4. The van der Waals surface area contributed by atoms with Gasteiger partial charge in [0.2, 0.25) is 23.3 Å². The van der Waals surface area contributed by atoms with Crippen molar-refractivity contribution < 1.29 is 4.42 Å². The third-order valence-corrected chi connectivity index (χ3v) is 5.98. The number of halogens is 3. The average Bonchev–Trinajstić information content (AvgIpc) is 3.47. The Kier molecular flexibility index (Phi) is 6.29. The van der Waals surface area contributed by atoms with Crippen molar-refractivity contribution in [3.8, 4) is 28.5 Å². The van der Waals surface area contributed by atoms with Gasteiger partial charge in [0.15, 0.2) is 5.82 Å². The largest absolute Gasteiger partial charge is 0.419 e. The molecule has 0 atom stereocenters. The molecule has 0 spiro atoms. The number of nitrogens with one attached hydrogen (secondary N) is 1. The number of rotatable bonds is 6. The van der Waals surface area contributed by atoms with Gasteiger partial charge in [-0.05, 0) is 36.4 Å². The number of aromatic nitrogens is 6. The summed E-state index contributed by atoms with van der Waals surface area (Å²) in [4.78, 5) is 15.9. The molecule has 12 heteroatoms. The standard InChI is InChI=1S/C23H16Cl3N7O2/c1-32(12-20-28-30-22(35-20)13-8-9-27-19(34)10-13)23-31-29-21(15-7-6-14(24)11-17(15)26)33(23)18-5-3-2-4-16(18)25/h2-11H,12H2,1H3,(H,27,34). The van der Waals surface area contributed by atoms with Crippen LogP contribution in [-0.2, 0) is 6.54 Å². The number of benzene rings is 2. The molecule has 35 heavy (non-hydrogen) atoms. The molecule has 2 aromatic carbocycles. The first-order valence-corrected chi connectivity index (χ1v) is 11.4. The summed E-state index contributed by atoms with van der Waals surface area (Å²) in [5.41, 5.74) is 1.56. The predicted molar refractivity (Wildman–Crippen MR) is 134 cm³/mol. The van der Waals surface area contributed by atoms with Crippen molar-refractivity contribution in [2.75, 3.05) is 11.9 Å². The Morgan fingerprint density at radius 3 is 2.57 bits per heavy atom. The van der Waals surface area contributed by atoms with Gasteiger partial charge >= 0.3 is 0 Å². The summed E-state index contributed by atoms with van der Waals surface area (Å²) in [5.74, 6) is 1.51. The van der Waals surface area contributed by atoms with Gasteiger partial charge < -0.3 is 14.3 Å². The number of anilines is 1. The molecule has 5 rings (SSSR count). The molecule has 3 heterocycles. The van der Waals surface area contributed by atoms with Crippen LogP contribution < -0.4 is 10.5 Å². The second-order valence-electron chi connectivity index (χ2n) is 7.53. The molecule has 0 saturated heterocycles. The van der Waals surface area contributed by atoms with Gasteiger partial charge in [-0.15, -0.1) is 20.4 Å². The smallest absolute Gasteiger partial charge is 0.248 e. The molecule has 0 aliphatic rings. The van der Waals surface area contributed by atoms with Crippen LogP contribution in [-0.4, -0.2) is 37.0 Å². The number of pyridine rings is 1. The zero-order valence-electron chi connectivity index (χ0n) is 18.1. The monoisotopic (exact) mass is 527 g/mol. The van der Waals surface area contributed by atoms with Crippen molar-refractivity contribution in [3.05, 3.63) is 92.1 Å².